The van der Waals surface area contributed by atoms with Gasteiger partial charge in [-0.3, -0.25) is 9.59 Å². The molecule has 7 heteroatoms. The highest BCUT2D eigenvalue weighted by Gasteiger charge is 2.23. The molecule has 0 aliphatic heterocycles. The molecule has 4 nitrogen and oxygen atoms in total. The topological polar surface area (TPSA) is 46.6 Å². The summed E-state index contributed by atoms with van der Waals surface area (Å²) >= 11 is 0. The van der Waals surface area contributed by atoms with Crippen LogP contribution in [0.15, 0.2) is 12.1 Å². The molecule has 0 bridgehead atoms. The van der Waals surface area contributed by atoms with Crippen molar-refractivity contribution in [3.8, 4) is 0 Å². The summed E-state index contributed by atoms with van der Waals surface area (Å²) in [7, 11) is 0. The van der Waals surface area contributed by atoms with Crippen molar-refractivity contribution < 1.29 is 27.5 Å². The number of halogens is 3. The molecule has 1 aromatic rings. The third-order valence-electron chi connectivity index (χ3n) is 3.48. The molecule has 0 unspecified atom stereocenters. The van der Waals surface area contributed by atoms with Crippen LogP contribution in [0.2, 0.25) is 0 Å². The van der Waals surface area contributed by atoms with E-state index in [0.717, 1.165) is 18.9 Å². The summed E-state index contributed by atoms with van der Waals surface area (Å²) in [4.78, 5) is 25.2. The Hall–Kier alpha value is -2.05. The van der Waals surface area contributed by atoms with Crippen LogP contribution in [-0.4, -0.2) is 36.5 Å². The Morgan fingerprint density at radius 2 is 1.75 bits per heavy atom. The van der Waals surface area contributed by atoms with Crippen molar-refractivity contribution in [1.29, 1.82) is 0 Å². The van der Waals surface area contributed by atoms with Crippen molar-refractivity contribution in [3.63, 3.8) is 0 Å². The van der Waals surface area contributed by atoms with Crippen molar-refractivity contribution >= 4 is 11.9 Å². The quantitative estimate of drug-likeness (QED) is 0.390. The lowest BCUT2D eigenvalue weighted by molar-refractivity contribution is -0.143. The second-order valence-electron chi connectivity index (χ2n) is 5.28. The lowest BCUT2D eigenvalue weighted by Gasteiger charge is -2.22. The van der Waals surface area contributed by atoms with Crippen molar-refractivity contribution in [2.24, 2.45) is 0 Å². The van der Waals surface area contributed by atoms with Crippen LogP contribution in [0.1, 0.15) is 49.9 Å². The summed E-state index contributed by atoms with van der Waals surface area (Å²) in [6, 6.07) is 1.62. The van der Waals surface area contributed by atoms with Gasteiger partial charge in [-0.05, 0) is 25.5 Å². The maximum Gasteiger partial charge on any atom is 0.307 e. The zero-order chi connectivity index (χ0) is 18.1. The fourth-order valence-electron chi connectivity index (χ4n) is 2.19. The molecule has 0 heterocycles. The van der Waals surface area contributed by atoms with Gasteiger partial charge in [0, 0.05) is 13.1 Å². The lowest BCUT2D eigenvalue weighted by atomic mass is 10.1. The number of benzene rings is 1. The largest absolute Gasteiger partial charge is 0.466 e. The Bertz CT molecular complexity index is 578. The van der Waals surface area contributed by atoms with Gasteiger partial charge < -0.3 is 9.64 Å². The number of carbonyl (C=O) groups is 2. The average Bonchev–Trinajstić information content (AvgIpc) is 2.55. The van der Waals surface area contributed by atoms with E-state index in [1.807, 2.05) is 6.92 Å². The van der Waals surface area contributed by atoms with Crippen LogP contribution in [0.5, 0.6) is 0 Å². The molecule has 0 radical (unpaired) electrons. The number of ether oxygens (including phenoxy) is 1. The number of esters is 1. The van der Waals surface area contributed by atoms with E-state index in [9.17, 15) is 22.8 Å². The van der Waals surface area contributed by atoms with Crippen LogP contribution in [0.25, 0.3) is 0 Å². The second-order valence-corrected chi connectivity index (χ2v) is 5.28. The second kappa shape index (κ2) is 9.95. The van der Waals surface area contributed by atoms with Crippen LogP contribution in [0.3, 0.4) is 0 Å². The third-order valence-corrected chi connectivity index (χ3v) is 3.48. The number of hydrogen-bond donors (Lipinski definition) is 0. The predicted molar refractivity (Wildman–Crippen MR) is 83.0 cm³/mol. The molecular formula is C17H22F3NO3. The van der Waals surface area contributed by atoms with Gasteiger partial charge in [-0.2, -0.15) is 0 Å². The van der Waals surface area contributed by atoms with Gasteiger partial charge in [0.2, 0.25) is 0 Å². The molecule has 1 aromatic carbocycles. The SMILES string of the molecule is CCCCCN(CCC(=O)OCC)C(=O)c1ccc(F)c(F)c1F. The standard InChI is InChI=1S/C17H22F3NO3/c1-3-5-6-10-21(11-9-14(22)24-4-2)17(23)12-7-8-13(18)16(20)15(12)19/h7-8H,3-6,9-11H2,1-2H3. The Morgan fingerprint density at radius 3 is 2.38 bits per heavy atom. The summed E-state index contributed by atoms with van der Waals surface area (Å²) in [5, 5.41) is 0. The van der Waals surface area contributed by atoms with Crippen LogP contribution in [0, 0.1) is 17.5 Å². The summed E-state index contributed by atoms with van der Waals surface area (Å²) in [6.07, 6.45) is 2.39. The van der Waals surface area contributed by atoms with Crippen LogP contribution in [0.4, 0.5) is 13.2 Å². The minimum Gasteiger partial charge on any atom is -0.466 e. The van der Waals surface area contributed by atoms with Gasteiger partial charge in [0.05, 0.1) is 18.6 Å². The number of nitrogens with zero attached hydrogens (tertiary/aromatic N) is 1. The Morgan fingerprint density at radius 1 is 1.04 bits per heavy atom. The van der Waals surface area contributed by atoms with E-state index < -0.39 is 34.9 Å². The van der Waals surface area contributed by atoms with E-state index in [2.05, 4.69) is 0 Å². The highest BCUT2D eigenvalue weighted by molar-refractivity contribution is 5.94. The van der Waals surface area contributed by atoms with E-state index in [4.69, 9.17) is 4.74 Å². The lowest BCUT2D eigenvalue weighted by Crippen LogP contribution is -2.35. The van der Waals surface area contributed by atoms with Crippen LogP contribution in [-0.2, 0) is 9.53 Å². The van der Waals surface area contributed by atoms with Gasteiger partial charge >= 0.3 is 5.97 Å². The first-order valence-electron chi connectivity index (χ1n) is 8.00. The summed E-state index contributed by atoms with van der Waals surface area (Å²) < 4.78 is 45.0. The zero-order valence-corrected chi connectivity index (χ0v) is 13.9. The first kappa shape index (κ1) is 20.0. The van der Waals surface area contributed by atoms with Crippen molar-refractivity contribution in [3.05, 3.63) is 35.1 Å². The molecule has 24 heavy (non-hydrogen) atoms. The zero-order valence-electron chi connectivity index (χ0n) is 13.9. The number of rotatable bonds is 9. The minimum absolute atomic E-state index is 0.0276. The molecule has 0 aliphatic carbocycles. The molecule has 0 saturated carbocycles. The molecule has 1 rings (SSSR count). The monoisotopic (exact) mass is 345 g/mol. The maximum atomic E-state index is 13.8. The molecule has 0 spiro atoms. The molecule has 0 N–H and O–H groups in total. The third kappa shape index (κ3) is 5.54. The van der Waals surface area contributed by atoms with Gasteiger partial charge in [0.1, 0.15) is 0 Å². The molecule has 1 amide bonds. The van der Waals surface area contributed by atoms with Crippen molar-refractivity contribution in [2.75, 3.05) is 19.7 Å². The molecule has 0 aromatic heterocycles. The number of amides is 1. The van der Waals surface area contributed by atoms with Crippen molar-refractivity contribution in [1.82, 2.24) is 4.90 Å². The van der Waals surface area contributed by atoms with Crippen LogP contribution < -0.4 is 0 Å². The normalized spacial score (nSPS) is 10.5. The fourth-order valence-corrected chi connectivity index (χ4v) is 2.19. The summed E-state index contributed by atoms with van der Waals surface area (Å²) in [5.41, 5.74) is -0.547. The number of unbranched alkanes of at least 4 members (excludes halogenated alkanes) is 2. The predicted octanol–water partition coefficient (Wildman–Crippen LogP) is 3.69. The van der Waals surface area contributed by atoms with E-state index in [-0.39, 0.29) is 19.6 Å². The minimum atomic E-state index is -1.68. The first-order valence-corrected chi connectivity index (χ1v) is 8.00. The molecule has 134 valence electrons. The van der Waals surface area contributed by atoms with Gasteiger partial charge in [0.25, 0.3) is 5.91 Å². The molecule has 0 saturated heterocycles. The maximum absolute atomic E-state index is 13.8. The molecule has 0 aliphatic rings. The number of carbonyl (C=O) groups excluding carboxylic acids is 2. The van der Waals surface area contributed by atoms with E-state index in [1.165, 1.54) is 4.90 Å². The fraction of sp³-hybridized carbons (Fsp3) is 0.529. The molecule has 0 fully saturated rings. The first-order chi connectivity index (χ1) is 11.4. The molecular weight excluding hydrogens is 323 g/mol. The highest BCUT2D eigenvalue weighted by Crippen LogP contribution is 2.17. The summed E-state index contributed by atoms with van der Waals surface area (Å²) in [5.74, 6) is -5.80. The Kier molecular flexibility index (Phi) is 8.29. The van der Waals surface area contributed by atoms with Gasteiger partial charge in [-0.1, -0.05) is 19.8 Å². The average molecular weight is 345 g/mol. The molecule has 0 atom stereocenters. The van der Waals surface area contributed by atoms with Gasteiger partial charge in [-0.25, -0.2) is 13.2 Å². The van der Waals surface area contributed by atoms with Gasteiger partial charge in [-0.15, -0.1) is 0 Å². The Labute approximate surface area is 139 Å². The highest BCUT2D eigenvalue weighted by atomic mass is 19.2. The van der Waals surface area contributed by atoms with E-state index in [1.54, 1.807) is 6.92 Å². The number of hydrogen-bond acceptors (Lipinski definition) is 3. The van der Waals surface area contributed by atoms with E-state index >= 15 is 0 Å². The smallest absolute Gasteiger partial charge is 0.307 e. The van der Waals surface area contributed by atoms with E-state index in [0.29, 0.717) is 19.0 Å². The Balaban J connectivity index is 2.89. The summed E-state index contributed by atoms with van der Waals surface area (Å²) in [6.45, 7) is 4.20. The van der Waals surface area contributed by atoms with Gasteiger partial charge in [0.15, 0.2) is 17.5 Å². The van der Waals surface area contributed by atoms with Crippen molar-refractivity contribution in [2.45, 2.75) is 39.5 Å². The van der Waals surface area contributed by atoms with Crippen LogP contribution >= 0.6 is 0 Å².